The summed E-state index contributed by atoms with van der Waals surface area (Å²) in [7, 11) is 1.77. The molecule has 106 valence electrons. The molecule has 1 aliphatic heterocycles. The van der Waals surface area contributed by atoms with Gasteiger partial charge in [0.25, 0.3) is 0 Å². The van der Waals surface area contributed by atoms with Crippen LogP contribution in [-0.4, -0.2) is 49.1 Å². The van der Waals surface area contributed by atoms with Gasteiger partial charge in [-0.3, -0.25) is 0 Å². The summed E-state index contributed by atoms with van der Waals surface area (Å²) in [6.07, 6.45) is 4.47. The van der Waals surface area contributed by atoms with Crippen molar-refractivity contribution in [2.45, 2.75) is 31.0 Å². The Morgan fingerprint density at radius 2 is 2.37 bits per heavy atom. The molecule has 0 aliphatic carbocycles. The molecule has 1 atom stereocenters. The smallest absolute Gasteiger partial charge is 0.191 e. The van der Waals surface area contributed by atoms with Crippen molar-refractivity contribution in [2.75, 3.05) is 43.2 Å². The van der Waals surface area contributed by atoms with E-state index < -0.39 is 0 Å². The van der Waals surface area contributed by atoms with Crippen LogP contribution in [0.25, 0.3) is 0 Å². The summed E-state index contributed by atoms with van der Waals surface area (Å²) in [5.41, 5.74) is 0. The van der Waals surface area contributed by atoms with Gasteiger partial charge in [0.2, 0.25) is 0 Å². The largest absolute Gasteiger partial charge is 0.380 e. The second-order valence-electron chi connectivity index (χ2n) is 4.62. The quantitative estimate of drug-likeness (QED) is 0.638. The highest BCUT2D eigenvalue weighted by Gasteiger charge is 2.23. The van der Waals surface area contributed by atoms with E-state index in [9.17, 15) is 0 Å². The minimum atomic E-state index is 0.319. The van der Waals surface area contributed by atoms with Gasteiger partial charge in [0.05, 0.1) is 6.10 Å². The van der Waals surface area contributed by atoms with Gasteiger partial charge in [0.1, 0.15) is 11.6 Å². The summed E-state index contributed by atoms with van der Waals surface area (Å²) < 4.78 is 5.41. The lowest BCUT2D eigenvalue weighted by molar-refractivity contribution is 0.121. The van der Waals surface area contributed by atoms with Gasteiger partial charge >= 0.3 is 0 Å². The highest BCUT2D eigenvalue weighted by Crippen LogP contribution is 2.24. The lowest BCUT2D eigenvalue weighted by Crippen LogP contribution is -2.23. The first-order valence-electron chi connectivity index (χ1n) is 6.71. The molecule has 1 aliphatic rings. The molecule has 0 saturated carbocycles. The Labute approximate surface area is 119 Å². The molecular weight excluding hydrogens is 260 g/mol. The molecule has 0 amide bonds. The van der Waals surface area contributed by atoms with Crippen LogP contribution in [0.5, 0.6) is 0 Å². The van der Waals surface area contributed by atoms with Crippen LogP contribution in [0, 0.1) is 0 Å². The third kappa shape index (κ3) is 3.73. The van der Waals surface area contributed by atoms with Gasteiger partial charge in [0, 0.05) is 32.8 Å². The average Bonchev–Trinajstić information content (AvgIpc) is 2.93. The monoisotopic (exact) mass is 282 g/mol. The second kappa shape index (κ2) is 6.96. The zero-order valence-corrected chi connectivity index (χ0v) is 12.7. The predicted octanol–water partition coefficient (Wildman–Crippen LogP) is 2.25. The van der Waals surface area contributed by atoms with Crippen LogP contribution in [0.2, 0.25) is 0 Å². The molecule has 1 aromatic heterocycles. The fraction of sp³-hybridized carbons (Fsp3) is 0.692. The van der Waals surface area contributed by atoms with Crippen molar-refractivity contribution in [1.82, 2.24) is 9.97 Å². The molecule has 1 aromatic rings. The van der Waals surface area contributed by atoms with E-state index in [4.69, 9.17) is 4.74 Å². The van der Waals surface area contributed by atoms with Gasteiger partial charge < -0.3 is 15.0 Å². The van der Waals surface area contributed by atoms with Crippen LogP contribution in [-0.2, 0) is 4.74 Å². The second-order valence-corrected chi connectivity index (χ2v) is 5.39. The number of nitrogens with one attached hydrogen (secondary N) is 1. The van der Waals surface area contributed by atoms with Crippen molar-refractivity contribution in [3.63, 3.8) is 0 Å². The minimum Gasteiger partial charge on any atom is -0.380 e. The first-order chi connectivity index (χ1) is 9.26. The Hall–Kier alpha value is -1.01. The highest BCUT2D eigenvalue weighted by atomic mass is 32.2. The molecule has 2 rings (SSSR count). The van der Waals surface area contributed by atoms with Crippen molar-refractivity contribution < 1.29 is 4.74 Å². The topological polar surface area (TPSA) is 50.3 Å². The zero-order chi connectivity index (χ0) is 13.7. The van der Waals surface area contributed by atoms with Crippen molar-refractivity contribution in [3.8, 4) is 0 Å². The normalized spacial score (nSPS) is 18.9. The fourth-order valence-corrected chi connectivity index (χ4v) is 2.51. The number of thioether (sulfide) groups is 1. The molecule has 19 heavy (non-hydrogen) atoms. The number of hydrogen-bond donors (Lipinski definition) is 1. The van der Waals surface area contributed by atoms with E-state index in [0.717, 1.165) is 49.3 Å². The number of rotatable bonds is 6. The van der Waals surface area contributed by atoms with Crippen molar-refractivity contribution in [3.05, 3.63) is 6.07 Å². The van der Waals surface area contributed by atoms with Crippen LogP contribution < -0.4 is 10.2 Å². The number of nitrogens with zero attached hydrogens (tertiary/aromatic N) is 3. The molecule has 1 saturated heterocycles. The number of aromatic nitrogens is 2. The molecule has 0 spiro atoms. The summed E-state index contributed by atoms with van der Waals surface area (Å²) in [6, 6.07) is 2.04. The molecule has 0 aromatic carbocycles. The first-order valence-corrected chi connectivity index (χ1v) is 7.94. The molecule has 0 bridgehead atoms. The Morgan fingerprint density at radius 1 is 1.53 bits per heavy atom. The van der Waals surface area contributed by atoms with E-state index in [1.807, 2.05) is 12.3 Å². The minimum absolute atomic E-state index is 0.319. The molecule has 1 fully saturated rings. The van der Waals surface area contributed by atoms with Gasteiger partial charge in [0.15, 0.2) is 5.16 Å². The third-order valence-electron chi connectivity index (χ3n) is 3.23. The van der Waals surface area contributed by atoms with E-state index in [0.29, 0.717) is 6.10 Å². The maximum atomic E-state index is 5.41. The van der Waals surface area contributed by atoms with E-state index in [1.165, 1.54) is 0 Å². The third-order valence-corrected chi connectivity index (χ3v) is 3.78. The van der Waals surface area contributed by atoms with Gasteiger partial charge in [-0.15, -0.1) is 0 Å². The summed E-state index contributed by atoms with van der Waals surface area (Å²) in [6.45, 7) is 4.99. The Morgan fingerprint density at radius 3 is 3.00 bits per heavy atom. The zero-order valence-electron chi connectivity index (χ0n) is 11.8. The highest BCUT2D eigenvalue weighted by molar-refractivity contribution is 7.98. The molecule has 1 unspecified atom stereocenters. The molecule has 1 N–H and O–H groups in total. The van der Waals surface area contributed by atoms with E-state index >= 15 is 0 Å². The molecule has 2 heterocycles. The number of hydrogen-bond acceptors (Lipinski definition) is 6. The SMILES string of the molecule is CCCNc1cc(N2CCC(OC)C2)nc(SC)n1. The summed E-state index contributed by atoms with van der Waals surface area (Å²) >= 11 is 1.58. The molecular formula is C13H22N4OS. The van der Waals surface area contributed by atoms with E-state index in [2.05, 4.69) is 27.1 Å². The van der Waals surface area contributed by atoms with Crippen molar-refractivity contribution in [1.29, 1.82) is 0 Å². The summed E-state index contributed by atoms with van der Waals surface area (Å²) in [4.78, 5) is 11.3. The lowest BCUT2D eigenvalue weighted by atomic mass is 10.3. The Balaban J connectivity index is 2.14. The van der Waals surface area contributed by atoms with Crippen LogP contribution >= 0.6 is 11.8 Å². The number of anilines is 2. The van der Waals surface area contributed by atoms with Crippen molar-refractivity contribution >= 4 is 23.4 Å². The van der Waals surface area contributed by atoms with E-state index in [-0.39, 0.29) is 0 Å². The standard InChI is InChI=1S/C13H22N4OS/c1-4-6-14-11-8-12(16-13(15-11)19-3)17-7-5-10(9-17)18-2/h8,10H,4-7,9H2,1-3H3,(H,14,15,16). The number of methoxy groups -OCH3 is 1. The molecule has 6 heteroatoms. The molecule has 5 nitrogen and oxygen atoms in total. The summed E-state index contributed by atoms with van der Waals surface area (Å²) in [5.74, 6) is 1.91. The van der Waals surface area contributed by atoms with Gasteiger partial charge in [-0.2, -0.15) is 0 Å². The van der Waals surface area contributed by atoms with E-state index in [1.54, 1.807) is 18.9 Å². The molecule has 0 radical (unpaired) electrons. The van der Waals surface area contributed by atoms with Crippen LogP contribution in [0.15, 0.2) is 11.2 Å². The fourth-order valence-electron chi connectivity index (χ4n) is 2.14. The van der Waals surface area contributed by atoms with Gasteiger partial charge in [-0.1, -0.05) is 18.7 Å². The van der Waals surface area contributed by atoms with Gasteiger partial charge in [-0.05, 0) is 19.1 Å². The maximum Gasteiger partial charge on any atom is 0.191 e. The average molecular weight is 282 g/mol. The predicted molar refractivity (Wildman–Crippen MR) is 80.2 cm³/mol. The maximum absolute atomic E-state index is 5.41. The lowest BCUT2D eigenvalue weighted by Gasteiger charge is -2.18. The van der Waals surface area contributed by atoms with Crippen LogP contribution in [0.1, 0.15) is 19.8 Å². The van der Waals surface area contributed by atoms with Gasteiger partial charge in [-0.25, -0.2) is 9.97 Å². The van der Waals surface area contributed by atoms with Crippen LogP contribution in [0.3, 0.4) is 0 Å². The summed E-state index contributed by atoms with van der Waals surface area (Å²) in [5, 5.41) is 4.15. The van der Waals surface area contributed by atoms with Crippen LogP contribution in [0.4, 0.5) is 11.6 Å². The van der Waals surface area contributed by atoms with Crippen molar-refractivity contribution in [2.24, 2.45) is 0 Å². The Kier molecular flexibility index (Phi) is 5.27. The number of ether oxygens (including phenoxy) is 1. The first kappa shape index (κ1) is 14.4. The Bertz CT molecular complexity index is 416.